The molecular formula is C16H15ClN4O3S. The molecule has 7 nitrogen and oxygen atoms in total. The lowest BCUT2D eigenvalue weighted by atomic mass is 10.3. The van der Waals surface area contributed by atoms with Gasteiger partial charge in [0.05, 0.1) is 16.8 Å². The van der Waals surface area contributed by atoms with Crippen LogP contribution in [0.5, 0.6) is 0 Å². The number of carbonyl (C=O) groups excluding carboxylic acids is 2. The number of halogens is 1. The fourth-order valence-electron chi connectivity index (χ4n) is 2.35. The van der Waals surface area contributed by atoms with Crippen molar-refractivity contribution in [3.8, 4) is 0 Å². The number of carbonyl (C=O) groups is 2. The fraction of sp³-hybridized carbons (Fsp3) is 0.250. The third-order valence-electron chi connectivity index (χ3n) is 3.47. The maximum absolute atomic E-state index is 12.4. The third-order valence-corrected chi connectivity index (χ3v) is 4.75. The van der Waals surface area contributed by atoms with Gasteiger partial charge in [-0.2, -0.15) is 10.1 Å². The Morgan fingerprint density at radius 2 is 2.16 bits per heavy atom. The van der Waals surface area contributed by atoms with E-state index >= 15 is 0 Å². The number of esters is 1. The molecule has 2 aromatic heterocycles. The van der Waals surface area contributed by atoms with E-state index in [1.165, 1.54) is 22.2 Å². The Morgan fingerprint density at radius 3 is 2.84 bits per heavy atom. The molecule has 9 heteroatoms. The van der Waals surface area contributed by atoms with Gasteiger partial charge < -0.3 is 9.30 Å². The second kappa shape index (κ2) is 7.20. The monoisotopic (exact) mass is 378 g/mol. The van der Waals surface area contributed by atoms with Gasteiger partial charge in [0.15, 0.2) is 4.80 Å². The summed E-state index contributed by atoms with van der Waals surface area (Å²) in [5.74, 6) is -0.832. The lowest BCUT2D eigenvalue weighted by Gasteiger charge is -2.05. The summed E-state index contributed by atoms with van der Waals surface area (Å²) < 4.78 is 8.95. The quantitative estimate of drug-likeness (QED) is 0.653. The van der Waals surface area contributed by atoms with Gasteiger partial charge in [0.1, 0.15) is 12.2 Å². The van der Waals surface area contributed by atoms with Crippen LogP contribution in [0, 0.1) is 0 Å². The Balaban J connectivity index is 2.12. The molecule has 2 heterocycles. The molecule has 1 amide bonds. The third kappa shape index (κ3) is 3.64. The summed E-state index contributed by atoms with van der Waals surface area (Å²) in [6.45, 7) is 1.99. The minimum Gasteiger partial charge on any atom is -0.465 e. The van der Waals surface area contributed by atoms with Crippen LogP contribution in [0.1, 0.15) is 17.4 Å². The van der Waals surface area contributed by atoms with E-state index in [1.807, 2.05) is 0 Å². The molecule has 130 valence electrons. The molecule has 0 N–H and O–H groups in total. The molecule has 0 unspecified atom stereocenters. The van der Waals surface area contributed by atoms with Crippen LogP contribution in [0.25, 0.3) is 10.2 Å². The van der Waals surface area contributed by atoms with Crippen LogP contribution >= 0.6 is 22.9 Å². The van der Waals surface area contributed by atoms with Gasteiger partial charge in [-0.05, 0) is 31.2 Å². The van der Waals surface area contributed by atoms with Crippen LogP contribution in [-0.4, -0.2) is 32.8 Å². The first-order valence-corrected chi connectivity index (χ1v) is 8.70. The van der Waals surface area contributed by atoms with Crippen LogP contribution in [0.4, 0.5) is 0 Å². The number of thiazole rings is 1. The minimum absolute atomic E-state index is 0.0347. The molecule has 0 saturated heterocycles. The maximum Gasteiger partial charge on any atom is 0.326 e. The van der Waals surface area contributed by atoms with E-state index in [9.17, 15) is 9.59 Å². The van der Waals surface area contributed by atoms with Crippen LogP contribution in [0.15, 0.2) is 35.5 Å². The lowest BCUT2D eigenvalue weighted by molar-refractivity contribution is -0.143. The van der Waals surface area contributed by atoms with E-state index in [4.69, 9.17) is 16.3 Å². The number of hydrogen-bond acceptors (Lipinski definition) is 5. The second-order valence-electron chi connectivity index (χ2n) is 5.14. The van der Waals surface area contributed by atoms with E-state index in [2.05, 4.69) is 10.1 Å². The Bertz CT molecular complexity index is 1020. The van der Waals surface area contributed by atoms with Crippen molar-refractivity contribution in [2.24, 2.45) is 12.0 Å². The number of benzene rings is 1. The number of hydrogen-bond donors (Lipinski definition) is 0. The van der Waals surface area contributed by atoms with Crippen molar-refractivity contribution in [1.82, 2.24) is 14.3 Å². The first kappa shape index (κ1) is 17.4. The normalized spacial score (nSPS) is 11.9. The Hall–Kier alpha value is -2.45. The molecule has 0 aliphatic rings. The van der Waals surface area contributed by atoms with Crippen molar-refractivity contribution in [3.05, 3.63) is 46.0 Å². The summed E-state index contributed by atoms with van der Waals surface area (Å²) in [7, 11) is 1.67. The summed E-state index contributed by atoms with van der Waals surface area (Å²) in [6, 6.07) is 6.88. The average Bonchev–Trinajstić information content (AvgIpc) is 3.11. The molecule has 3 aromatic rings. The van der Waals surface area contributed by atoms with E-state index in [-0.39, 0.29) is 13.2 Å². The average molecular weight is 379 g/mol. The SMILES string of the molecule is CCOC(=O)Cn1c(=NC(=O)c2ccnn2C)sc2cc(Cl)ccc21. The van der Waals surface area contributed by atoms with Gasteiger partial charge in [-0.1, -0.05) is 22.9 Å². The zero-order valence-electron chi connectivity index (χ0n) is 13.6. The number of fused-ring (bicyclic) bond motifs is 1. The predicted octanol–water partition coefficient (Wildman–Crippen LogP) is 2.39. The Kier molecular flexibility index (Phi) is 5.00. The number of amides is 1. The van der Waals surface area contributed by atoms with Gasteiger partial charge in [0, 0.05) is 18.3 Å². The number of aryl methyl sites for hydroxylation is 1. The van der Waals surface area contributed by atoms with Crippen molar-refractivity contribution in [3.63, 3.8) is 0 Å². The van der Waals surface area contributed by atoms with E-state index in [0.717, 1.165) is 10.2 Å². The predicted molar refractivity (Wildman–Crippen MR) is 94.6 cm³/mol. The molecule has 1 aromatic carbocycles. The van der Waals surface area contributed by atoms with Gasteiger partial charge >= 0.3 is 5.97 Å². The topological polar surface area (TPSA) is 78.5 Å². The van der Waals surface area contributed by atoms with Crippen molar-refractivity contribution < 1.29 is 14.3 Å². The number of ether oxygens (including phenoxy) is 1. The molecule has 0 atom stereocenters. The summed E-state index contributed by atoms with van der Waals surface area (Å²) in [5.41, 5.74) is 1.12. The lowest BCUT2D eigenvalue weighted by Crippen LogP contribution is -2.23. The summed E-state index contributed by atoms with van der Waals surface area (Å²) in [6.07, 6.45) is 1.53. The van der Waals surface area contributed by atoms with Crippen LogP contribution < -0.4 is 4.80 Å². The number of nitrogens with zero attached hydrogens (tertiary/aromatic N) is 4. The van der Waals surface area contributed by atoms with Crippen LogP contribution in [0.3, 0.4) is 0 Å². The molecule has 25 heavy (non-hydrogen) atoms. The highest BCUT2D eigenvalue weighted by molar-refractivity contribution is 7.16. The molecule has 0 spiro atoms. The molecule has 0 fully saturated rings. The van der Waals surface area contributed by atoms with Crippen LogP contribution in [0.2, 0.25) is 5.02 Å². The van der Waals surface area contributed by atoms with Crippen molar-refractivity contribution in [2.75, 3.05) is 6.61 Å². The standard InChI is InChI=1S/C16H15ClN4O3S/c1-3-24-14(22)9-21-11-5-4-10(17)8-13(11)25-16(21)19-15(23)12-6-7-18-20(12)2/h4-8H,3,9H2,1-2H3. The van der Waals surface area contributed by atoms with E-state index in [0.29, 0.717) is 15.5 Å². The minimum atomic E-state index is -0.435. The van der Waals surface area contributed by atoms with Crippen molar-refractivity contribution in [2.45, 2.75) is 13.5 Å². The van der Waals surface area contributed by atoms with Crippen molar-refractivity contribution >= 4 is 45.0 Å². The molecule has 3 rings (SSSR count). The highest BCUT2D eigenvalue weighted by atomic mass is 35.5. The van der Waals surface area contributed by atoms with E-state index in [1.54, 1.807) is 42.8 Å². The highest BCUT2D eigenvalue weighted by Gasteiger charge is 2.14. The zero-order valence-corrected chi connectivity index (χ0v) is 15.2. The van der Waals surface area contributed by atoms with Gasteiger partial charge in [0.2, 0.25) is 0 Å². The fourth-order valence-corrected chi connectivity index (χ4v) is 3.65. The largest absolute Gasteiger partial charge is 0.465 e. The summed E-state index contributed by atoms with van der Waals surface area (Å²) >= 11 is 7.32. The molecule has 0 radical (unpaired) electrons. The maximum atomic E-state index is 12.4. The Labute approximate surface area is 152 Å². The molecular weight excluding hydrogens is 364 g/mol. The van der Waals surface area contributed by atoms with Crippen molar-refractivity contribution in [1.29, 1.82) is 0 Å². The second-order valence-corrected chi connectivity index (χ2v) is 6.59. The van der Waals surface area contributed by atoms with Gasteiger partial charge in [-0.3, -0.25) is 14.3 Å². The van der Waals surface area contributed by atoms with Gasteiger partial charge in [0.25, 0.3) is 5.91 Å². The first-order valence-electron chi connectivity index (χ1n) is 7.51. The summed E-state index contributed by atoms with van der Waals surface area (Å²) in [4.78, 5) is 28.9. The number of aromatic nitrogens is 3. The highest BCUT2D eigenvalue weighted by Crippen LogP contribution is 2.22. The van der Waals surface area contributed by atoms with Gasteiger partial charge in [-0.15, -0.1) is 0 Å². The smallest absolute Gasteiger partial charge is 0.326 e. The van der Waals surface area contributed by atoms with E-state index < -0.39 is 11.9 Å². The number of rotatable bonds is 4. The first-order chi connectivity index (χ1) is 12.0. The van der Waals surface area contributed by atoms with Gasteiger partial charge in [-0.25, -0.2) is 0 Å². The molecule has 0 aliphatic heterocycles. The summed E-state index contributed by atoms with van der Waals surface area (Å²) in [5, 5.41) is 4.54. The zero-order chi connectivity index (χ0) is 18.0. The molecule has 0 saturated carbocycles. The molecule has 0 bridgehead atoms. The molecule has 0 aliphatic carbocycles. The Morgan fingerprint density at radius 1 is 1.36 bits per heavy atom. The van der Waals surface area contributed by atoms with Crippen LogP contribution in [-0.2, 0) is 23.1 Å².